The molecule has 0 radical (unpaired) electrons. The van der Waals surface area contributed by atoms with Gasteiger partial charge in [-0.2, -0.15) is 0 Å². The topological polar surface area (TPSA) is 52.6 Å². The fourth-order valence-electron chi connectivity index (χ4n) is 4.65. The van der Waals surface area contributed by atoms with Crippen LogP contribution in [0.1, 0.15) is 81.9 Å². The van der Waals surface area contributed by atoms with Gasteiger partial charge in [-0.3, -0.25) is 9.59 Å². The van der Waals surface area contributed by atoms with Gasteiger partial charge in [0.2, 0.25) is 0 Å². The van der Waals surface area contributed by atoms with E-state index in [1.54, 1.807) is 0 Å². The maximum atomic E-state index is 12.7. The van der Waals surface area contributed by atoms with Crippen LogP contribution in [0, 0.1) is 44.4 Å². The van der Waals surface area contributed by atoms with Gasteiger partial charge in [-0.1, -0.05) is 13.8 Å². The number of carbonyl (C=O) groups excluding carboxylic acids is 2. The third kappa shape index (κ3) is 5.21. The molecule has 0 saturated heterocycles. The van der Waals surface area contributed by atoms with Crippen LogP contribution >= 0.6 is 0 Å². The molecule has 0 unspecified atom stereocenters. The first kappa shape index (κ1) is 21.9. The number of ether oxygens (including phenoxy) is 2. The molecule has 3 rings (SSSR count). The maximum absolute atomic E-state index is 12.7. The van der Waals surface area contributed by atoms with Crippen LogP contribution in [0.2, 0.25) is 0 Å². The summed E-state index contributed by atoms with van der Waals surface area (Å²) >= 11 is 0. The van der Waals surface area contributed by atoms with E-state index < -0.39 is 0 Å². The van der Waals surface area contributed by atoms with Crippen molar-refractivity contribution in [1.29, 1.82) is 0 Å². The second-order valence-corrected chi connectivity index (χ2v) is 9.53. The van der Waals surface area contributed by atoms with Crippen LogP contribution in [0.3, 0.4) is 0 Å². The molecule has 160 valence electrons. The first-order valence-corrected chi connectivity index (χ1v) is 11.3. The Labute approximate surface area is 175 Å². The summed E-state index contributed by atoms with van der Waals surface area (Å²) in [6.07, 6.45) is 7.99. The second kappa shape index (κ2) is 9.32. The summed E-state index contributed by atoms with van der Waals surface area (Å²) in [4.78, 5) is 25.3. The molecule has 0 aliphatic heterocycles. The maximum Gasteiger partial charge on any atom is 0.314 e. The normalized spacial score (nSPS) is 27.3. The van der Waals surface area contributed by atoms with Crippen molar-refractivity contribution in [1.82, 2.24) is 0 Å². The van der Waals surface area contributed by atoms with E-state index in [4.69, 9.17) is 9.47 Å². The van der Waals surface area contributed by atoms with Crippen molar-refractivity contribution in [3.05, 3.63) is 22.8 Å². The Kier molecular flexibility index (Phi) is 7.02. The lowest BCUT2D eigenvalue weighted by molar-refractivity contribution is -0.141. The zero-order valence-electron chi connectivity index (χ0n) is 18.7. The summed E-state index contributed by atoms with van der Waals surface area (Å²) in [5.74, 6) is 2.36. The van der Waals surface area contributed by atoms with E-state index in [1.165, 1.54) is 0 Å². The summed E-state index contributed by atoms with van der Waals surface area (Å²) in [5, 5.41) is 0. The molecule has 0 N–H and O–H groups in total. The van der Waals surface area contributed by atoms with Gasteiger partial charge in [0.25, 0.3) is 0 Å². The van der Waals surface area contributed by atoms with E-state index in [0.29, 0.717) is 23.3 Å². The quantitative estimate of drug-likeness (QED) is 0.454. The Balaban J connectivity index is 1.69. The number of hydrogen-bond donors (Lipinski definition) is 0. The van der Waals surface area contributed by atoms with E-state index >= 15 is 0 Å². The lowest BCUT2D eigenvalue weighted by Crippen LogP contribution is -2.26. The first-order chi connectivity index (χ1) is 13.8. The second-order valence-electron chi connectivity index (χ2n) is 9.53. The van der Waals surface area contributed by atoms with Crippen LogP contribution < -0.4 is 9.47 Å². The van der Waals surface area contributed by atoms with Gasteiger partial charge in [0.05, 0.1) is 11.8 Å². The van der Waals surface area contributed by atoms with Crippen molar-refractivity contribution in [3.8, 4) is 11.5 Å². The standard InChI is InChI=1S/C25H36O4/c1-15-6-10-20(11-7-15)24(26)28-22-14-17(3)23(19(5)18(22)4)29-25(27)21-12-8-16(2)9-13-21/h14-16,20-21H,6-13H2,1-5H3/t15-,16-,20-,21-. The van der Waals surface area contributed by atoms with Gasteiger partial charge >= 0.3 is 11.9 Å². The number of rotatable bonds is 4. The average Bonchev–Trinajstić information content (AvgIpc) is 2.70. The number of benzene rings is 1. The van der Waals surface area contributed by atoms with Crippen molar-refractivity contribution >= 4 is 11.9 Å². The van der Waals surface area contributed by atoms with Crippen molar-refractivity contribution in [2.75, 3.05) is 0 Å². The van der Waals surface area contributed by atoms with Crippen molar-refractivity contribution in [2.45, 2.75) is 86.0 Å². The summed E-state index contributed by atoms with van der Waals surface area (Å²) in [7, 11) is 0. The van der Waals surface area contributed by atoms with Gasteiger partial charge in [-0.25, -0.2) is 0 Å². The zero-order chi connectivity index (χ0) is 21.1. The molecule has 29 heavy (non-hydrogen) atoms. The summed E-state index contributed by atoms with van der Waals surface area (Å²) in [6, 6.07) is 1.84. The molecule has 0 aromatic heterocycles. The number of esters is 2. The summed E-state index contributed by atoms with van der Waals surface area (Å²) in [6.45, 7) is 10.3. The summed E-state index contributed by atoms with van der Waals surface area (Å²) < 4.78 is 11.6. The largest absolute Gasteiger partial charge is 0.426 e. The molecule has 4 nitrogen and oxygen atoms in total. The Morgan fingerprint density at radius 1 is 0.724 bits per heavy atom. The van der Waals surface area contributed by atoms with Gasteiger partial charge in [-0.05, 0) is 107 Å². The fourth-order valence-corrected chi connectivity index (χ4v) is 4.65. The van der Waals surface area contributed by atoms with Crippen LogP contribution in [0.4, 0.5) is 0 Å². The lowest BCUT2D eigenvalue weighted by Gasteiger charge is -2.26. The predicted octanol–water partition coefficient (Wildman–Crippen LogP) is 6.08. The lowest BCUT2D eigenvalue weighted by atomic mass is 9.83. The SMILES string of the molecule is Cc1cc(OC(=O)[C@H]2CC[C@H](C)CC2)c(C)c(C)c1OC(=O)[C@H]1CC[C@H](C)CC1. The Hall–Kier alpha value is -1.84. The first-order valence-electron chi connectivity index (χ1n) is 11.3. The molecule has 0 spiro atoms. The molecular weight excluding hydrogens is 364 g/mol. The molecule has 0 bridgehead atoms. The van der Waals surface area contributed by atoms with Crippen molar-refractivity contribution in [2.24, 2.45) is 23.7 Å². The van der Waals surface area contributed by atoms with Crippen LogP contribution in [0.5, 0.6) is 11.5 Å². The third-order valence-corrected chi connectivity index (χ3v) is 7.09. The van der Waals surface area contributed by atoms with E-state index in [2.05, 4.69) is 13.8 Å². The van der Waals surface area contributed by atoms with E-state index in [1.807, 2.05) is 26.8 Å². The minimum Gasteiger partial charge on any atom is -0.426 e. The Bertz CT molecular complexity index is 751. The Morgan fingerprint density at radius 2 is 1.17 bits per heavy atom. The van der Waals surface area contributed by atoms with Gasteiger partial charge in [-0.15, -0.1) is 0 Å². The highest BCUT2D eigenvalue weighted by Crippen LogP contribution is 2.36. The van der Waals surface area contributed by atoms with E-state index in [9.17, 15) is 9.59 Å². The number of hydrogen-bond acceptors (Lipinski definition) is 4. The number of aryl methyl sites for hydroxylation is 1. The van der Waals surface area contributed by atoms with E-state index in [0.717, 1.165) is 68.1 Å². The van der Waals surface area contributed by atoms with Crippen LogP contribution in [-0.4, -0.2) is 11.9 Å². The molecule has 0 atom stereocenters. The third-order valence-electron chi connectivity index (χ3n) is 7.09. The molecule has 0 amide bonds. The molecular formula is C25H36O4. The molecule has 4 heteroatoms. The van der Waals surface area contributed by atoms with Crippen LogP contribution in [0.15, 0.2) is 6.07 Å². The average molecular weight is 401 g/mol. The Morgan fingerprint density at radius 3 is 1.66 bits per heavy atom. The van der Waals surface area contributed by atoms with Gasteiger partial charge in [0, 0.05) is 0 Å². The zero-order valence-corrected chi connectivity index (χ0v) is 18.7. The fraction of sp³-hybridized carbons (Fsp3) is 0.680. The van der Waals surface area contributed by atoms with Gasteiger partial charge in [0.15, 0.2) is 0 Å². The van der Waals surface area contributed by atoms with Crippen LogP contribution in [0.25, 0.3) is 0 Å². The molecule has 2 aliphatic rings. The van der Waals surface area contributed by atoms with E-state index in [-0.39, 0.29) is 23.8 Å². The monoisotopic (exact) mass is 400 g/mol. The molecule has 1 aromatic carbocycles. The highest BCUT2D eigenvalue weighted by molar-refractivity contribution is 5.78. The van der Waals surface area contributed by atoms with Crippen LogP contribution in [-0.2, 0) is 9.59 Å². The molecule has 1 aromatic rings. The smallest absolute Gasteiger partial charge is 0.314 e. The molecule has 0 heterocycles. The van der Waals surface area contributed by atoms with Gasteiger partial charge in [0.1, 0.15) is 11.5 Å². The van der Waals surface area contributed by atoms with Crippen molar-refractivity contribution in [3.63, 3.8) is 0 Å². The summed E-state index contributed by atoms with van der Waals surface area (Å²) in [5.41, 5.74) is 2.58. The molecule has 2 fully saturated rings. The molecule has 2 aliphatic carbocycles. The predicted molar refractivity (Wildman–Crippen MR) is 114 cm³/mol. The van der Waals surface area contributed by atoms with Gasteiger partial charge < -0.3 is 9.47 Å². The highest BCUT2D eigenvalue weighted by Gasteiger charge is 2.29. The number of carbonyl (C=O) groups is 2. The minimum atomic E-state index is -0.125. The minimum absolute atomic E-state index is 0.00240. The highest BCUT2D eigenvalue weighted by atomic mass is 16.5. The van der Waals surface area contributed by atoms with Crippen molar-refractivity contribution < 1.29 is 19.1 Å². The molecule has 2 saturated carbocycles.